The van der Waals surface area contributed by atoms with Crippen molar-refractivity contribution < 1.29 is 14.3 Å². The van der Waals surface area contributed by atoms with Gasteiger partial charge in [-0.05, 0) is 25.5 Å². The predicted octanol–water partition coefficient (Wildman–Crippen LogP) is 4.62. The van der Waals surface area contributed by atoms with Crippen molar-refractivity contribution in [1.82, 2.24) is 4.98 Å². The number of fused-ring (bicyclic) bond motifs is 1. The molecule has 0 bridgehead atoms. The minimum Gasteiger partial charge on any atom is -0.451 e. The number of hydrogen-bond acceptors (Lipinski definition) is 4. The molecule has 1 atom stereocenters. The van der Waals surface area contributed by atoms with Crippen molar-refractivity contribution in [3.63, 3.8) is 0 Å². The highest BCUT2D eigenvalue weighted by Gasteiger charge is 2.22. The van der Waals surface area contributed by atoms with E-state index in [9.17, 15) is 9.59 Å². The summed E-state index contributed by atoms with van der Waals surface area (Å²) < 4.78 is 5.48. The number of carbonyl (C=O) groups excluding carboxylic acids is 2. The number of carbonyl (C=O) groups is 2. The summed E-state index contributed by atoms with van der Waals surface area (Å²) in [7, 11) is 0. The lowest BCUT2D eigenvalue weighted by atomic mass is 10.1. The first-order valence-corrected chi connectivity index (χ1v) is 8.79. The Labute approximate surface area is 152 Å². The Balaban J connectivity index is 1.88. The Morgan fingerprint density at radius 3 is 2.46 bits per heavy atom. The molecule has 0 aliphatic rings. The van der Waals surface area contributed by atoms with E-state index in [0.717, 1.165) is 29.4 Å². The molecule has 0 amide bonds. The second-order valence-corrected chi connectivity index (χ2v) is 6.21. The van der Waals surface area contributed by atoms with Gasteiger partial charge in [0.05, 0.1) is 11.1 Å². The molecule has 3 rings (SSSR count). The zero-order chi connectivity index (χ0) is 18.5. The third-order valence-electron chi connectivity index (χ3n) is 4.21. The van der Waals surface area contributed by atoms with Gasteiger partial charge in [0, 0.05) is 16.6 Å². The van der Waals surface area contributed by atoms with Crippen molar-refractivity contribution in [3.05, 3.63) is 77.5 Å². The number of rotatable bonds is 6. The van der Waals surface area contributed by atoms with Crippen LogP contribution in [0.1, 0.15) is 46.7 Å². The van der Waals surface area contributed by atoms with Crippen LogP contribution in [0, 0.1) is 0 Å². The van der Waals surface area contributed by atoms with Crippen LogP contribution in [0.3, 0.4) is 0 Å². The summed E-state index contributed by atoms with van der Waals surface area (Å²) in [6.07, 6.45) is 0.859. The van der Waals surface area contributed by atoms with E-state index < -0.39 is 12.1 Å². The molecule has 0 aliphatic heterocycles. The van der Waals surface area contributed by atoms with Crippen LogP contribution >= 0.6 is 0 Å². The van der Waals surface area contributed by atoms with E-state index in [1.54, 1.807) is 37.3 Å². The molecule has 0 aliphatic carbocycles. The average Bonchev–Trinajstić information content (AvgIpc) is 2.67. The number of benzene rings is 2. The van der Waals surface area contributed by atoms with Crippen LogP contribution in [0.5, 0.6) is 0 Å². The van der Waals surface area contributed by atoms with Gasteiger partial charge in [-0.15, -0.1) is 0 Å². The summed E-state index contributed by atoms with van der Waals surface area (Å²) in [4.78, 5) is 29.8. The minimum absolute atomic E-state index is 0.217. The number of ether oxygens (including phenoxy) is 1. The molecule has 0 fully saturated rings. The summed E-state index contributed by atoms with van der Waals surface area (Å²) in [5.74, 6) is -0.719. The third kappa shape index (κ3) is 3.80. The highest BCUT2D eigenvalue weighted by molar-refractivity contribution is 6.06. The molecule has 0 saturated heterocycles. The fourth-order valence-corrected chi connectivity index (χ4v) is 2.90. The van der Waals surface area contributed by atoms with Crippen LogP contribution in [0.15, 0.2) is 60.7 Å². The minimum atomic E-state index is -0.855. The Morgan fingerprint density at radius 1 is 1.04 bits per heavy atom. The number of aryl methyl sites for hydroxylation is 1. The van der Waals surface area contributed by atoms with Crippen LogP contribution in [0.4, 0.5) is 0 Å². The molecule has 3 aromatic rings. The van der Waals surface area contributed by atoms with Gasteiger partial charge in [-0.1, -0.05) is 61.9 Å². The maximum Gasteiger partial charge on any atom is 0.339 e. The zero-order valence-electron chi connectivity index (χ0n) is 14.9. The molecule has 132 valence electrons. The van der Waals surface area contributed by atoms with Gasteiger partial charge in [-0.2, -0.15) is 0 Å². The maximum absolute atomic E-state index is 12.8. The standard InChI is InChI=1S/C22H21NO3/c1-3-9-17-14-19(18-12-7-8-13-20(18)23-17)22(25)26-15(2)21(24)16-10-5-4-6-11-16/h4-8,10-15H,3,9H2,1-2H3/t15-/m0/s1. The van der Waals surface area contributed by atoms with Crippen LogP contribution in [-0.2, 0) is 11.2 Å². The lowest BCUT2D eigenvalue weighted by Gasteiger charge is -2.14. The average molecular weight is 347 g/mol. The lowest BCUT2D eigenvalue weighted by molar-refractivity contribution is 0.0320. The van der Waals surface area contributed by atoms with Crippen molar-refractivity contribution in [1.29, 1.82) is 0 Å². The van der Waals surface area contributed by atoms with Crippen molar-refractivity contribution in [2.75, 3.05) is 0 Å². The molecule has 2 aromatic carbocycles. The SMILES string of the molecule is CCCc1cc(C(=O)O[C@@H](C)C(=O)c2ccccc2)c2ccccc2n1. The van der Waals surface area contributed by atoms with E-state index >= 15 is 0 Å². The van der Waals surface area contributed by atoms with Gasteiger partial charge in [-0.3, -0.25) is 9.78 Å². The van der Waals surface area contributed by atoms with E-state index in [-0.39, 0.29) is 5.78 Å². The van der Waals surface area contributed by atoms with Gasteiger partial charge in [-0.25, -0.2) is 4.79 Å². The van der Waals surface area contributed by atoms with Crippen LogP contribution < -0.4 is 0 Å². The molecule has 4 heteroatoms. The van der Waals surface area contributed by atoms with Gasteiger partial charge in [0.15, 0.2) is 6.10 Å². The number of hydrogen-bond donors (Lipinski definition) is 0. The Morgan fingerprint density at radius 2 is 1.73 bits per heavy atom. The van der Waals surface area contributed by atoms with Gasteiger partial charge >= 0.3 is 5.97 Å². The Hall–Kier alpha value is -3.01. The molecule has 0 saturated carbocycles. The van der Waals surface area contributed by atoms with Crippen molar-refractivity contribution in [2.45, 2.75) is 32.8 Å². The van der Waals surface area contributed by atoms with Crippen LogP contribution in [0.2, 0.25) is 0 Å². The smallest absolute Gasteiger partial charge is 0.339 e. The number of nitrogens with zero attached hydrogens (tertiary/aromatic N) is 1. The first kappa shape index (κ1) is 17.8. The van der Waals surface area contributed by atoms with E-state index in [1.165, 1.54) is 0 Å². The molecule has 4 nitrogen and oxygen atoms in total. The molecule has 26 heavy (non-hydrogen) atoms. The highest BCUT2D eigenvalue weighted by Crippen LogP contribution is 2.21. The van der Waals surface area contributed by atoms with Crippen LogP contribution in [-0.4, -0.2) is 22.8 Å². The summed E-state index contributed by atoms with van der Waals surface area (Å²) in [5.41, 5.74) is 2.58. The number of Topliss-reactive ketones (excluding diaryl/α,β-unsaturated/α-hetero) is 1. The zero-order valence-corrected chi connectivity index (χ0v) is 14.9. The monoisotopic (exact) mass is 347 g/mol. The van der Waals surface area contributed by atoms with E-state index in [1.807, 2.05) is 30.3 Å². The quantitative estimate of drug-likeness (QED) is 0.482. The normalized spacial score (nSPS) is 11.9. The summed E-state index contributed by atoms with van der Waals surface area (Å²) in [5, 5.41) is 0.733. The van der Waals surface area contributed by atoms with E-state index in [4.69, 9.17) is 4.74 Å². The molecular formula is C22H21NO3. The van der Waals surface area contributed by atoms with Gasteiger partial charge < -0.3 is 4.74 Å². The lowest BCUT2D eigenvalue weighted by Crippen LogP contribution is -2.24. The number of aromatic nitrogens is 1. The van der Waals surface area contributed by atoms with Gasteiger partial charge in [0.2, 0.25) is 5.78 Å². The first-order valence-electron chi connectivity index (χ1n) is 8.79. The first-order chi connectivity index (χ1) is 12.6. The Kier molecular flexibility index (Phi) is 5.42. The number of pyridine rings is 1. The molecule has 1 aromatic heterocycles. The number of para-hydroxylation sites is 1. The number of ketones is 1. The third-order valence-corrected chi connectivity index (χ3v) is 4.21. The van der Waals surface area contributed by atoms with Crippen LogP contribution in [0.25, 0.3) is 10.9 Å². The van der Waals surface area contributed by atoms with Crippen molar-refractivity contribution >= 4 is 22.7 Å². The second-order valence-electron chi connectivity index (χ2n) is 6.21. The summed E-state index contributed by atoms with van der Waals surface area (Å²) in [6.45, 7) is 3.67. The molecule has 0 radical (unpaired) electrons. The Bertz CT molecular complexity index is 935. The molecule has 0 unspecified atom stereocenters. The van der Waals surface area contributed by atoms with Gasteiger partial charge in [0.25, 0.3) is 0 Å². The van der Waals surface area contributed by atoms with E-state index in [2.05, 4.69) is 11.9 Å². The number of esters is 1. The molecular weight excluding hydrogens is 326 g/mol. The topological polar surface area (TPSA) is 56.3 Å². The highest BCUT2D eigenvalue weighted by atomic mass is 16.5. The molecule has 0 N–H and O–H groups in total. The van der Waals surface area contributed by atoms with Crippen molar-refractivity contribution in [3.8, 4) is 0 Å². The second kappa shape index (κ2) is 7.91. The molecule has 0 spiro atoms. The largest absolute Gasteiger partial charge is 0.451 e. The van der Waals surface area contributed by atoms with Crippen molar-refractivity contribution in [2.24, 2.45) is 0 Å². The maximum atomic E-state index is 12.8. The summed E-state index contributed by atoms with van der Waals surface area (Å²) in [6, 6.07) is 18.1. The van der Waals surface area contributed by atoms with E-state index in [0.29, 0.717) is 11.1 Å². The summed E-state index contributed by atoms with van der Waals surface area (Å²) >= 11 is 0. The fourth-order valence-electron chi connectivity index (χ4n) is 2.90. The van der Waals surface area contributed by atoms with Gasteiger partial charge in [0.1, 0.15) is 0 Å². The fraction of sp³-hybridized carbons (Fsp3) is 0.227. The molecule has 1 heterocycles. The predicted molar refractivity (Wildman–Crippen MR) is 101 cm³/mol.